The second-order valence-electron chi connectivity index (χ2n) is 9.03. The van der Waals surface area contributed by atoms with Gasteiger partial charge in [-0.3, -0.25) is 14.0 Å². The number of nitrogens with one attached hydrogen (secondary N) is 3. The molecule has 244 valence electrons. The second kappa shape index (κ2) is 24.2. The molecule has 0 aliphatic heterocycles. The molecule has 2 amide bonds. The number of carboxylic acids is 3. The summed E-state index contributed by atoms with van der Waals surface area (Å²) in [6.07, 6.45) is 6.04. The maximum atomic E-state index is 12.1. The summed E-state index contributed by atoms with van der Waals surface area (Å²) in [6.45, 7) is 2.29. The zero-order valence-corrected chi connectivity index (χ0v) is 24.0. The number of aromatic nitrogens is 2. The smallest absolute Gasteiger partial charge is 0.326 e. The first-order valence-corrected chi connectivity index (χ1v) is 13.6. The van der Waals surface area contributed by atoms with Gasteiger partial charge in [-0.15, -0.1) is 0 Å². The highest BCUT2D eigenvalue weighted by Gasteiger charge is 2.19. The third-order valence-corrected chi connectivity index (χ3v) is 5.28. The minimum atomic E-state index is -1.31. The summed E-state index contributed by atoms with van der Waals surface area (Å²) in [6, 6.07) is -0.421. The zero-order chi connectivity index (χ0) is 32.5. The molecule has 0 aromatic carbocycles. The molecule has 0 spiro atoms. The molecule has 0 bridgehead atoms. The van der Waals surface area contributed by atoms with Crippen LogP contribution in [0.1, 0.15) is 51.4 Å². The van der Waals surface area contributed by atoms with Crippen LogP contribution in [0.2, 0.25) is 0 Å². The Balaban J connectivity index is 0.00000114. The maximum Gasteiger partial charge on any atom is 0.326 e. The molecule has 17 nitrogen and oxygen atoms in total. The molecule has 0 saturated carbocycles. The summed E-state index contributed by atoms with van der Waals surface area (Å²) in [5.41, 5.74) is 11.0. The predicted octanol–water partition coefficient (Wildman–Crippen LogP) is 0.660. The van der Waals surface area contributed by atoms with Gasteiger partial charge in [-0.2, -0.15) is 0 Å². The summed E-state index contributed by atoms with van der Waals surface area (Å²) in [7, 11) is 0. The molecular weight excluding hydrogens is 573 g/mol. The van der Waals surface area contributed by atoms with Crippen molar-refractivity contribution in [2.24, 2.45) is 17.3 Å². The van der Waals surface area contributed by atoms with E-state index in [1.807, 2.05) is 11.4 Å². The van der Waals surface area contributed by atoms with Crippen LogP contribution in [-0.4, -0.2) is 99.8 Å². The first-order chi connectivity index (χ1) is 20.4. The maximum absolute atomic E-state index is 12.1. The fourth-order valence-electron chi connectivity index (χ4n) is 3.18. The highest BCUT2D eigenvalue weighted by molar-refractivity contribution is 5.82. The number of anilines is 2. The Morgan fingerprint density at radius 1 is 0.930 bits per heavy atom. The van der Waals surface area contributed by atoms with E-state index in [0.717, 1.165) is 19.4 Å². The number of allylic oxidation sites excluding steroid dienone is 1. The van der Waals surface area contributed by atoms with Crippen LogP contribution >= 0.6 is 0 Å². The molecule has 0 fully saturated rings. The Hall–Kier alpha value is -4.45. The molecule has 0 saturated heterocycles. The number of primary amides is 1. The lowest BCUT2D eigenvalue weighted by atomic mass is 10.1. The summed E-state index contributed by atoms with van der Waals surface area (Å²) in [4.78, 5) is 49.5. The summed E-state index contributed by atoms with van der Waals surface area (Å²) < 4.78 is 17.6. The van der Waals surface area contributed by atoms with Gasteiger partial charge in [0.25, 0.3) is 0 Å². The lowest BCUT2D eigenvalue weighted by Gasteiger charge is -2.15. The summed E-state index contributed by atoms with van der Waals surface area (Å²) in [5.74, 6) is 3.99. The number of hydrogen-bond donors (Lipinski definition) is 9. The number of carboxylic acid groups (broad SMARTS) is 3. The molecule has 1 aromatic rings. The van der Waals surface area contributed by atoms with Crippen LogP contribution in [0.5, 0.6) is 0 Å². The molecule has 1 rings (SSSR count). The van der Waals surface area contributed by atoms with E-state index in [2.05, 4.69) is 26.3 Å². The number of carbonyl (C=O) groups excluding carboxylic acids is 1. The minimum Gasteiger partial charge on any atom is -0.481 e. The molecule has 1 aromatic heterocycles. The lowest BCUT2D eigenvalue weighted by molar-refractivity contribution is -0.141. The van der Waals surface area contributed by atoms with E-state index in [1.165, 1.54) is 11.3 Å². The molecule has 0 aliphatic carbocycles. The molecule has 0 radical (unpaired) electrons. The number of amides is 2. The first kappa shape index (κ1) is 38.5. The van der Waals surface area contributed by atoms with Crippen LogP contribution in [0.3, 0.4) is 0 Å². The predicted molar refractivity (Wildman–Crippen MR) is 155 cm³/mol. The SMILES string of the molecule is N/C(=C\N(N)CCOCCNc1cc(NCCCCCC(=O)O)ncn1)CCCF.NC(=O)NC(CCC(=O)O)C(=O)O. The third kappa shape index (κ3) is 23.9. The largest absolute Gasteiger partial charge is 0.481 e. The van der Waals surface area contributed by atoms with Crippen molar-refractivity contribution in [3.63, 3.8) is 0 Å². The van der Waals surface area contributed by atoms with E-state index in [1.54, 1.807) is 6.20 Å². The van der Waals surface area contributed by atoms with Gasteiger partial charge < -0.3 is 52.5 Å². The number of halogens is 1. The molecule has 43 heavy (non-hydrogen) atoms. The minimum absolute atomic E-state index is 0.187. The highest BCUT2D eigenvalue weighted by Crippen LogP contribution is 2.09. The monoisotopic (exact) mass is 617 g/mol. The number of nitrogens with zero attached hydrogens (tertiary/aromatic N) is 3. The van der Waals surface area contributed by atoms with Crippen molar-refractivity contribution in [3.05, 3.63) is 24.3 Å². The molecule has 1 atom stereocenters. The van der Waals surface area contributed by atoms with E-state index < -0.39 is 36.7 Å². The lowest BCUT2D eigenvalue weighted by Crippen LogP contribution is -2.43. The van der Waals surface area contributed by atoms with E-state index in [0.29, 0.717) is 62.9 Å². The molecule has 18 heteroatoms. The number of hydrazine groups is 1. The normalized spacial score (nSPS) is 11.4. The van der Waals surface area contributed by atoms with Gasteiger partial charge in [0, 0.05) is 43.9 Å². The van der Waals surface area contributed by atoms with Gasteiger partial charge in [-0.05, 0) is 32.1 Å². The number of aliphatic carboxylic acids is 3. The molecular formula is C25H44FN9O8. The number of carbonyl (C=O) groups is 4. The van der Waals surface area contributed by atoms with Crippen molar-refractivity contribution in [2.75, 3.05) is 50.2 Å². The quantitative estimate of drug-likeness (QED) is 0.0463. The Morgan fingerprint density at radius 3 is 2.16 bits per heavy atom. The number of hydrogen-bond acceptors (Lipinski definition) is 12. The number of ether oxygens (including phenoxy) is 1. The van der Waals surface area contributed by atoms with Crippen molar-refractivity contribution in [2.45, 2.75) is 57.4 Å². The van der Waals surface area contributed by atoms with Crippen molar-refractivity contribution in [1.82, 2.24) is 20.3 Å². The van der Waals surface area contributed by atoms with Gasteiger partial charge >= 0.3 is 23.9 Å². The van der Waals surface area contributed by atoms with E-state index in [4.69, 9.17) is 31.6 Å². The van der Waals surface area contributed by atoms with Gasteiger partial charge in [0.1, 0.15) is 24.0 Å². The molecule has 1 unspecified atom stereocenters. The Morgan fingerprint density at radius 2 is 1.58 bits per heavy atom. The van der Waals surface area contributed by atoms with Crippen LogP contribution < -0.4 is 33.3 Å². The molecule has 0 aliphatic rings. The van der Waals surface area contributed by atoms with Gasteiger partial charge in [-0.1, -0.05) is 6.42 Å². The second-order valence-corrected chi connectivity index (χ2v) is 9.03. The Bertz CT molecular complexity index is 1000. The Kier molecular flexibility index (Phi) is 21.7. The van der Waals surface area contributed by atoms with E-state index >= 15 is 0 Å². The van der Waals surface area contributed by atoms with Gasteiger partial charge in [-0.25, -0.2) is 25.4 Å². The summed E-state index contributed by atoms with van der Waals surface area (Å²) >= 11 is 0. The van der Waals surface area contributed by atoms with E-state index in [-0.39, 0.29) is 19.3 Å². The number of urea groups is 1. The van der Waals surface area contributed by atoms with Crippen molar-refractivity contribution in [3.8, 4) is 0 Å². The first-order valence-electron chi connectivity index (χ1n) is 13.6. The number of alkyl halides is 1. The zero-order valence-electron chi connectivity index (χ0n) is 24.0. The van der Waals surface area contributed by atoms with Crippen LogP contribution in [0.15, 0.2) is 24.3 Å². The standard InChI is InChI=1S/C19H34FN7O3.C6H10N2O5/c20-7-4-5-16(21)14-27(22)10-12-30-11-9-24-18-13-17(25-15-26-18)23-8-3-1-2-6-19(28)29;7-6(13)8-3(5(11)12)1-2-4(9)10/h13-15H,1-12,21-22H2,(H,28,29)(H2,23,24,25,26);3H,1-2H2,(H,9,10)(H,11,12)(H3,7,8,13)/b16-14-;. The average Bonchev–Trinajstić information content (AvgIpc) is 2.93. The van der Waals surface area contributed by atoms with Crippen LogP contribution in [0, 0.1) is 0 Å². The fourth-order valence-corrected chi connectivity index (χ4v) is 3.18. The van der Waals surface area contributed by atoms with Gasteiger partial charge in [0.2, 0.25) is 0 Å². The van der Waals surface area contributed by atoms with Crippen molar-refractivity contribution < 1.29 is 43.6 Å². The number of unbranched alkanes of at least 4 members (excludes halogenated alkanes) is 2. The summed E-state index contributed by atoms with van der Waals surface area (Å²) in [5, 5.41) is 35.0. The van der Waals surface area contributed by atoms with Crippen molar-refractivity contribution >= 4 is 35.6 Å². The van der Waals surface area contributed by atoms with Gasteiger partial charge in [0.15, 0.2) is 0 Å². The van der Waals surface area contributed by atoms with Crippen LogP contribution in [-0.2, 0) is 19.1 Å². The van der Waals surface area contributed by atoms with E-state index in [9.17, 15) is 23.6 Å². The fraction of sp³-hybridized carbons (Fsp3) is 0.600. The number of nitrogens with two attached hydrogens (primary N) is 3. The Labute approximate surface area is 249 Å². The topological polar surface area (TPSA) is 281 Å². The van der Waals surface area contributed by atoms with Crippen LogP contribution in [0.4, 0.5) is 20.8 Å². The molecule has 1 heterocycles. The van der Waals surface area contributed by atoms with Gasteiger partial charge in [0.05, 0.1) is 26.4 Å². The number of rotatable bonds is 23. The van der Waals surface area contributed by atoms with Crippen LogP contribution in [0.25, 0.3) is 0 Å². The van der Waals surface area contributed by atoms with Crippen molar-refractivity contribution in [1.29, 1.82) is 0 Å². The average molecular weight is 618 g/mol. The molecule has 12 N–H and O–H groups in total. The highest BCUT2D eigenvalue weighted by atomic mass is 19.1. The third-order valence-electron chi connectivity index (χ3n) is 5.28.